The van der Waals surface area contributed by atoms with Crippen molar-refractivity contribution in [3.63, 3.8) is 0 Å². The second-order valence-electron chi connectivity index (χ2n) is 6.49. The summed E-state index contributed by atoms with van der Waals surface area (Å²) in [7, 11) is 0. The molecule has 1 saturated carbocycles. The summed E-state index contributed by atoms with van der Waals surface area (Å²) in [5, 5.41) is 12.7. The van der Waals surface area contributed by atoms with Crippen LogP contribution < -0.4 is 10.1 Å². The van der Waals surface area contributed by atoms with Crippen LogP contribution in [0.3, 0.4) is 0 Å². The molecule has 1 aliphatic carbocycles. The standard InChI is InChI=1S/C21H25NO3/c1-2-25-20-9-4-3-8-19(20)15-6-5-7-16(14-15)21(24)22-17-10-12-18(23)13-11-17/h3-9,14,17-18,23H,2,10-13H2,1H3,(H,22,24). The van der Waals surface area contributed by atoms with Gasteiger partial charge >= 0.3 is 0 Å². The van der Waals surface area contributed by atoms with Gasteiger partial charge in [0, 0.05) is 17.2 Å². The Morgan fingerprint density at radius 1 is 1.12 bits per heavy atom. The second-order valence-corrected chi connectivity index (χ2v) is 6.49. The average Bonchev–Trinajstić information content (AvgIpc) is 2.64. The molecule has 1 amide bonds. The lowest BCUT2D eigenvalue weighted by molar-refractivity contribution is 0.0867. The van der Waals surface area contributed by atoms with Crippen molar-refractivity contribution >= 4 is 5.91 Å². The molecular formula is C21H25NO3. The summed E-state index contributed by atoms with van der Waals surface area (Å²) < 4.78 is 5.70. The van der Waals surface area contributed by atoms with Crippen molar-refractivity contribution in [2.75, 3.05) is 6.61 Å². The molecule has 2 aromatic rings. The quantitative estimate of drug-likeness (QED) is 0.871. The zero-order chi connectivity index (χ0) is 17.6. The lowest BCUT2D eigenvalue weighted by Crippen LogP contribution is -2.38. The molecule has 0 saturated heterocycles. The summed E-state index contributed by atoms with van der Waals surface area (Å²) in [6.45, 7) is 2.56. The number of aliphatic hydroxyl groups is 1. The lowest BCUT2D eigenvalue weighted by Gasteiger charge is -2.26. The van der Waals surface area contributed by atoms with Crippen LogP contribution in [-0.2, 0) is 0 Å². The molecule has 4 nitrogen and oxygen atoms in total. The van der Waals surface area contributed by atoms with E-state index in [2.05, 4.69) is 5.32 Å². The van der Waals surface area contributed by atoms with E-state index in [-0.39, 0.29) is 18.1 Å². The summed E-state index contributed by atoms with van der Waals surface area (Å²) in [5.74, 6) is 0.765. The minimum absolute atomic E-state index is 0.0582. The van der Waals surface area contributed by atoms with Crippen LogP contribution in [0.25, 0.3) is 11.1 Å². The van der Waals surface area contributed by atoms with Crippen molar-refractivity contribution in [3.05, 3.63) is 54.1 Å². The number of hydrogen-bond donors (Lipinski definition) is 2. The molecule has 3 rings (SSSR count). The molecule has 1 fully saturated rings. The topological polar surface area (TPSA) is 58.6 Å². The van der Waals surface area contributed by atoms with Crippen LogP contribution in [0.4, 0.5) is 0 Å². The Balaban J connectivity index is 1.76. The highest BCUT2D eigenvalue weighted by Gasteiger charge is 2.21. The van der Waals surface area contributed by atoms with Crippen LogP contribution in [0.5, 0.6) is 5.75 Å². The Morgan fingerprint density at radius 3 is 2.64 bits per heavy atom. The Morgan fingerprint density at radius 2 is 1.88 bits per heavy atom. The van der Waals surface area contributed by atoms with Crippen LogP contribution in [0, 0.1) is 0 Å². The van der Waals surface area contributed by atoms with Crippen molar-refractivity contribution < 1.29 is 14.6 Å². The van der Waals surface area contributed by atoms with Crippen molar-refractivity contribution in [1.29, 1.82) is 0 Å². The van der Waals surface area contributed by atoms with Gasteiger partial charge in [-0.05, 0) is 56.4 Å². The third-order valence-electron chi connectivity index (χ3n) is 4.65. The maximum atomic E-state index is 12.6. The molecule has 132 valence electrons. The summed E-state index contributed by atoms with van der Waals surface area (Å²) in [4.78, 5) is 12.6. The summed E-state index contributed by atoms with van der Waals surface area (Å²) in [6, 6.07) is 15.6. The van der Waals surface area contributed by atoms with E-state index in [9.17, 15) is 9.90 Å². The number of benzene rings is 2. The van der Waals surface area contributed by atoms with Gasteiger partial charge < -0.3 is 15.2 Å². The zero-order valence-corrected chi connectivity index (χ0v) is 14.6. The van der Waals surface area contributed by atoms with Gasteiger partial charge in [-0.1, -0.05) is 30.3 Å². The lowest BCUT2D eigenvalue weighted by atomic mass is 9.93. The minimum atomic E-state index is -0.216. The molecule has 0 radical (unpaired) electrons. The Kier molecular flexibility index (Phi) is 5.71. The Hall–Kier alpha value is -2.33. The number of carbonyl (C=O) groups is 1. The number of rotatable bonds is 5. The molecule has 2 aromatic carbocycles. The van der Waals surface area contributed by atoms with Crippen molar-refractivity contribution in [3.8, 4) is 16.9 Å². The molecule has 0 atom stereocenters. The molecule has 2 N–H and O–H groups in total. The summed E-state index contributed by atoms with van der Waals surface area (Å²) in [6.07, 6.45) is 2.96. The van der Waals surface area contributed by atoms with E-state index >= 15 is 0 Å². The van der Waals surface area contributed by atoms with Crippen molar-refractivity contribution in [2.24, 2.45) is 0 Å². The van der Waals surface area contributed by atoms with E-state index in [1.54, 1.807) is 0 Å². The molecule has 25 heavy (non-hydrogen) atoms. The second kappa shape index (κ2) is 8.17. The van der Waals surface area contributed by atoms with Gasteiger partial charge in [0.15, 0.2) is 0 Å². The van der Waals surface area contributed by atoms with Crippen LogP contribution in [0.1, 0.15) is 43.0 Å². The highest BCUT2D eigenvalue weighted by atomic mass is 16.5. The van der Waals surface area contributed by atoms with E-state index < -0.39 is 0 Å². The Bertz CT molecular complexity index is 721. The fourth-order valence-corrected chi connectivity index (χ4v) is 3.30. The average molecular weight is 339 g/mol. The number of para-hydroxylation sites is 1. The maximum Gasteiger partial charge on any atom is 0.251 e. The van der Waals surface area contributed by atoms with Crippen LogP contribution in [0.15, 0.2) is 48.5 Å². The molecule has 4 heteroatoms. The third kappa shape index (κ3) is 4.40. The first-order valence-corrected chi connectivity index (χ1v) is 8.98. The maximum absolute atomic E-state index is 12.6. The molecule has 0 unspecified atom stereocenters. The van der Waals surface area contributed by atoms with Gasteiger partial charge in [-0.15, -0.1) is 0 Å². The highest BCUT2D eigenvalue weighted by molar-refractivity contribution is 5.95. The van der Waals surface area contributed by atoms with Gasteiger partial charge in [-0.25, -0.2) is 0 Å². The molecule has 0 spiro atoms. The predicted octanol–water partition coefficient (Wildman–Crippen LogP) is 3.79. The van der Waals surface area contributed by atoms with Crippen LogP contribution >= 0.6 is 0 Å². The molecular weight excluding hydrogens is 314 g/mol. The zero-order valence-electron chi connectivity index (χ0n) is 14.6. The summed E-state index contributed by atoms with van der Waals surface area (Å²) >= 11 is 0. The first-order valence-electron chi connectivity index (χ1n) is 8.98. The van der Waals surface area contributed by atoms with E-state index in [1.807, 2.05) is 55.5 Å². The largest absolute Gasteiger partial charge is 0.493 e. The van der Waals surface area contributed by atoms with Crippen molar-refractivity contribution in [2.45, 2.75) is 44.8 Å². The molecule has 0 aromatic heterocycles. The summed E-state index contributed by atoms with van der Waals surface area (Å²) in [5.41, 5.74) is 2.60. The third-order valence-corrected chi connectivity index (χ3v) is 4.65. The number of nitrogens with one attached hydrogen (secondary N) is 1. The smallest absolute Gasteiger partial charge is 0.251 e. The van der Waals surface area contributed by atoms with Gasteiger partial charge in [0.25, 0.3) is 5.91 Å². The molecule has 0 aliphatic heterocycles. The van der Waals surface area contributed by atoms with Gasteiger partial charge in [-0.3, -0.25) is 4.79 Å². The van der Waals surface area contributed by atoms with Gasteiger partial charge in [0.05, 0.1) is 12.7 Å². The molecule has 0 bridgehead atoms. The van der Waals surface area contributed by atoms with E-state index in [1.165, 1.54) is 0 Å². The normalized spacial score (nSPS) is 20.1. The van der Waals surface area contributed by atoms with Gasteiger partial charge in [0.2, 0.25) is 0 Å². The number of aliphatic hydroxyl groups excluding tert-OH is 1. The highest BCUT2D eigenvalue weighted by Crippen LogP contribution is 2.30. The fourth-order valence-electron chi connectivity index (χ4n) is 3.30. The number of hydrogen-bond acceptors (Lipinski definition) is 3. The van der Waals surface area contributed by atoms with E-state index in [4.69, 9.17) is 4.74 Å². The molecule has 1 aliphatic rings. The Labute approximate surface area is 148 Å². The fraction of sp³-hybridized carbons (Fsp3) is 0.381. The monoisotopic (exact) mass is 339 g/mol. The van der Waals surface area contributed by atoms with E-state index in [0.717, 1.165) is 42.6 Å². The van der Waals surface area contributed by atoms with Gasteiger partial charge in [-0.2, -0.15) is 0 Å². The van der Waals surface area contributed by atoms with E-state index in [0.29, 0.717) is 12.2 Å². The minimum Gasteiger partial charge on any atom is -0.493 e. The van der Waals surface area contributed by atoms with Crippen LogP contribution in [-0.4, -0.2) is 29.8 Å². The number of ether oxygens (including phenoxy) is 1. The predicted molar refractivity (Wildman–Crippen MR) is 98.8 cm³/mol. The first-order chi connectivity index (χ1) is 12.2. The van der Waals surface area contributed by atoms with Gasteiger partial charge in [0.1, 0.15) is 5.75 Å². The SMILES string of the molecule is CCOc1ccccc1-c1cccc(C(=O)NC2CCC(O)CC2)c1. The first kappa shape index (κ1) is 17.5. The van der Waals surface area contributed by atoms with Crippen molar-refractivity contribution in [1.82, 2.24) is 5.32 Å². The van der Waals surface area contributed by atoms with Crippen LogP contribution in [0.2, 0.25) is 0 Å². The number of carbonyl (C=O) groups excluding carboxylic acids is 1. The molecule has 0 heterocycles. The number of amides is 1.